The number of aliphatic hydroxyl groups is 1. The first kappa shape index (κ1) is 18.0. The molecular weight excluding hydrogens is 284 g/mol. The lowest BCUT2D eigenvalue weighted by atomic mass is 10.2. The van der Waals surface area contributed by atoms with Gasteiger partial charge in [0.25, 0.3) is 0 Å². The summed E-state index contributed by atoms with van der Waals surface area (Å²) in [5.74, 6) is -0.470. The van der Waals surface area contributed by atoms with Crippen LogP contribution in [-0.2, 0) is 16.1 Å². The number of aliphatic hydroxyl groups excluding tert-OH is 1. The van der Waals surface area contributed by atoms with E-state index in [2.05, 4.69) is 10.6 Å². The molecule has 0 aromatic heterocycles. The Kier molecular flexibility index (Phi) is 9.45. The zero-order chi connectivity index (χ0) is 16.0. The van der Waals surface area contributed by atoms with Crippen molar-refractivity contribution in [3.63, 3.8) is 0 Å². The molecule has 122 valence electrons. The van der Waals surface area contributed by atoms with Gasteiger partial charge in [0.1, 0.15) is 13.2 Å². The van der Waals surface area contributed by atoms with Gasteiger partial charge in [-0.15, -0.1) is 0 Å². The van der Waals surface area contributed by atoms with Gasteiger partial charge in [0.2, 0.25) is 0 Å². The van der Waals surface area contributed by atoms with Crippen LogP contribution in [0.4, 0.5) is 4.79 Å². The first-order valence-electron chi connectivity index (χ1n) is 7.54. The fourth-order valence-corrected chi connectivity index (χ4v) is 1.80. The lowest BCUT2D eigenvalue weighted by Crippen LogP contribution is -2.39. The molecule has 0 radical (unpaired) electrons. The summed E-state index contributed by atoms with van der Waals surface area (Å²) in [4.78, 5) is 22.9. The number of rotatable bonds is 10. The Morgan fingerprint density at radius 2 is 1.73 bits per heavy atom. The number of esters is 1. The van der Waals surface area contributed by atoms with Crippen molar-refractivity contribution in [2.75, 3.05) is 19.7 Å². The zero-order valence-electron chi connectivity index (χ0n) is 12.7. The minimum Gasteiger partial charge on any atom is -0.460 e. The standard InChI is InChI=1S/C16H24N2O4/c19-11-7-2-1-6-10-17-16(21)18-12-15(20)22-13-14-8-4-3-5-9-14/h3-5,8-9,19H,1-2,6-7,10-13H2,(H2,17,18,21). The predicted molar refractivity (Wildman–Crippen MR) is 83.2 cm³/mol. The smallest absolute Gasteiger partial charge is 0.325 e. The Balaban J connectivity index is 2.02. The van der Waals surface area contributed by atoms with E-state index in [0.717, 1.165) is 31.2 Å². The van der Waals surface area contributed by atoms with Crippen molar-refractivity contribution in [1.29, 1.82) is 0 Å². The van der Waals surface area contributed by atoms with E-state index in [1.807, 2.05) is 30.3 Å². The second-order valence-corrected chi connectivity index (χ2v) is 4.89. The average molecular weight is 308 g/mol. The number of ether oxygens (including phenoxy) is 1. The third-order valence-electron chi connectivity index (χ3n) is 3.01. The molecule has 6 heteroatoms. The van der Waals surface area contributed by atoms with E-state index in [0.29, 0.717) is 6.54 Å². The monoisotopic (exact) mass is 308 g/mol. The first-order valence-corrected chi connectivity index (χ1v) is 7.54. The maximum atomic E-state index is 11.5. The third-order valence-corrected chi connectivity index (χ3v) is 3.01. The van der Waals surface area contributed by atoms with Gasteiger partial charge < -0.3 is 20.5 Å². The summed E-state index contributed by atoms with van der Waals surface area (Å²) in [7, 11) is 0. The highest BCUT2D eigenvalue weighted by Crippen LogP contribution is 2.00. The fraction of sp³-hybridized carbons (Fsp3) is 0.500. The average Bonchev–Trinajstić information content (AvgIpc) is 2.55. The van der Waals surface area contributed by atoms with Gasteiger partial charge in [-0.3, -0.25) is 4.79 Å². The molecule has 0 aliphatic carbocycles. The minimum atomic E-state index is -0.470. The van der Waals surface area contributed by atoms with Gasteiger partial charge in [-0.2, -0.15) is 0 Å². The van der Waals surface area contributed by atoms with E-state index in [-0.39, 0.29) is 25.8 Å². The lowest BCUT2D eigenvalue weighted by Gasteiger charge is -2.08. The minimum absolute atomic E-state index is 0.150. The van der Waals surface area contributed by atoms with E-state index in [1.165, 1.54) is 0 Å². The number of benzene rings is 1. The van der Waals surface area contributed by atoms with E-state index < -0.39 is 5.97 Å². The molecule has 0 spiro atoms. The summed E-state index contributed by atoms with van der Waals surface area (Å²) >= 11 is 0. The molecule has 0 aliphatic rings. The topological polar surface area (TPSA) is 87.7 Å². The molecule has 0 aliphatic heterocycles. The molecule has 0 saturated carbocycles. The van der Waals surface area contributed by atoms with Crippen LogP contribution in [0.25, 0.3) is 0 Å². The fourth-order valence-electron chi connectivity index (χ4n) is 1.80. The van der Waals surface area contributed by atoms with Crippen LogP contribution >= 0.6 is 0 Å². The summed E-state index contributed by atoms with van der Waals surface area (Å²) in [6.45, 7) is 0.812. The molecule has 1 rings (SSSR count). The Labute approximate surface area is 130 Å². The van der Waals surface area contributed by atoms with Crippen molar-refractivity contribution in [2.24, 2.45) is 0 Å². The zero-order valence-corrected chi connectivity index (χ0v) is 12.7. The molecule has 0 unspecified atom stereocenters. The van der Waals surface area contributed by atoms with Gasteiger partial charge >= 0.3 is 12.0 Å². The van der Waals surface area contributed by atoms with Crippen LogP contribution in [-0.4, -0.2) is 36.8 Å². The molecule has 0 fully saturated rings. The lowest BCUT2D eigenvalue weighted by molar-refractivity contribution is -0.143. The molecule has 6 nitrogen and oxygen atoms in total. The number of amides is 2. The van der Waals surface area contributed by atoms with Crippen molar-refractivity contribution in [2.45, 2.75) is 32.3 Å². The maximum Gasteiger partial charge on any atom is 0.325 e. The third kappa shape index (κ3) is 8.97. The summed E-state index contributed by atoms with van der Waals surface area (Å²) in [6, 6.07) is 8.99. The molecule has 22 heavy (non-hydrogen) atoms. The molecule has 1 aromatic carbocycles. The van der Waals surface area contributed by atoms with Gasteiger partial charge in [-0.05, 0) is 18.4 Å². The number of hydrogen-bond donors (Lipinski definition) is 3. The van der Waals surface area contributed by atoms with E-state index in [1.54, 1.807) is 0 Å². The molecule has 1 aromatic rings. The van der Waals surface area contributed by atoms with Crippen LogP contribution in [0.15, 0.2) is 30.3 Å². The van der Waals surface area contributed by atoms with Crippen LogP contribution in [0.3, 0.4) is 0 Å². The normalized spacial score (nSPS) is 10.0. The number of unbranched alkanes of at least 4 members (excludes halogenated alkanes) is 3. The Morgan fingerprint density at radius 1 is 1.00 bits per heavy atom. The molecule has 0 atom stereocenters. The highest BCUT2D eigenvalue weighted by molar-refractivity contribution is 5.80. The van der Waals surface area contributed by atoms with Gasteiger partial charge in [0.15, 0.2) is 0 Å². The van der Waals surface area contributed by atoms with Crippen LogP contribution in [0, 0.1) is 0 Å². The highest BCUT2D eigenvalue weighted by atomic mass is 16.5. The highest BCUT2D eigenvalue weighted by Gasteiger charge is 2.06. The van der Waals surface area contributed by atoms with Crippen LogP contribution < -0.4 is 10.6 Å². The van der Waals surface area contributed by atoms with Crippen molar-refractivity contribution < 1.29 is 19.4 Å². The van der Waals surface area contributed by atoms with Crippen LogP contribution in [0.2, 0.25) is 0 Å². The predicted octanol–water partition coefficient (Wildman–Crippen LogP) is 1.58. The van der Waals surface area contributed by atoms with Crippen LogP contribution in [0.1, 0.15) is 31.2 Å². The molecule has 0 bridgehead atoms. The summed E-state index contributed by atoms with van der Waals surface area (Å²) in [6.07, 6.45) is 3.55. The Hall–Kier alpha value is -2.08. The molecule has 0 saturated heterocycles. The number of carbonyl (C=O) groups excluding carboxylic acids is 2. The molecule has 0 heterocycles. The van der Waals surface area contributed by atoms with Gasteiger partial charge in [-0.1, -0.05) is 43.2 Å². The van der Waals surface area contributed by atoms with Crippen molar-refractivity contribution >= 4 is 12.0 Å². The second kappa shape index (κ2) is 11.6. The quantitative estimate of drug-likeness (QED) is 0.452. The van der Waals surface area contributed by atoms with Crippen molar-refractivity contribution in [1.82, 2.24) is 10.6 Å². The second-order valence-electron chi connectivity index (χ2n) is 4.89. The van der Waals surface area contributed by atoms with E-state index in [4.69, 9.17) is 9.84 Å². The van der Waals surface area contributed by atoms with E-state index in [9.17, 15) is 9.59 Å². The van der Waals surface area contributed by atoms with Crippen molar-refractivity contribution in [3.05, 3.63) is 35.9 Å². The Morgan fingerprint density at radius 3 is 2.45 bits per heavy atom. The molecule has 3 N–H and O–H groups in total. The van der Waals surface area contributed by atoms with Gasteiger partial charge in [0.05, 0.1) is 0 Å². The Bertz CT molecular complexity index is 437. The van der Waals surface area contributed by atoms with Gasteiger partial charge in [0, 0.05) is 13.2 Å². The molecular formula is C16H24N2O4. The molecule has 2 amide bonds. The largest absolute Gasteiger partial charge is 0.460 e. The summed E-state index contributed by atoms with van der Waals surface area (Å²) in [5, 5.41) is 13.8. The summed E-state index contributed by atoms with van der Waals surface area (Å²) < 4.78 is 5.04. The number of urea groups is 1. The van der Waals surface area contributed by atoms with Gasteiger partial charge in [-0.25, -0.2) is 4.79 Å². The summed E-state index contributed by atoms with van der Waals surface area (Å²) in [5.41, 5.74) is 0.906. The first-order chi connectivity index (χ1) is 10.7. The number of hydrogen-bond acceptors (Lipinski definition) is 4. The van der Waals surface area contributed by atoms with Crippen molar-refractivity contribution in [3.8, 4) is 0 Å². The maximum absolute atomic E-state index is 11.5. The SMILES string of the molecule is O=C(NCCCCCCO)NCC(=O)OCc1ccccc1. The number of carbonyl (C=O) groups is 2. The number of nitrogens with one attached hydrogen (secondary N) is 2. The van der Waals surface area contributed by atoms with Crippen LogP contribution in [0.5, 0.6) is 0 Å². The van der Waals surface area contributed by atoms with E-state index >= 15 is 0 Å².